The van der Waals surface area contributed by atoms with Crippen molar-refractivity contribution in [2.24, 2.45) is 0 Å². The number of aryl methyl sites for hydroxylation is 1. The van der Waals surface area contributed by atoms with E-state index in [0.29, 0.717) is 17.8 Å². The van der Waals surface area contributed by atoms with Crippen LogP contribution in [0.25, 0.3) is 0 Å². The van der Waals surface area contributed by atoms with E-state index in [0.717, 1.165) is 24.2 Å². The number of ether oxygens (including phenoxy) is 1. The molecular formula is C14H19BN2O3. The maximum atomic E-state index is 9.38. The number of methoxy groups -OCH3 is 1. The smallest absolute Gasteiger partial charge is 0.492 e. The molecule has 1 aromatic carbocycles. The summed E-state index contributed by atoms with van der Waals surface area (Å²) in [7, 11) is -0.0290. The first-order valence-corrected chi connectivity index (χ1v) is 6.68. The van der Waals surface area contributed by atoms with Crippen molar-refractivity contribution in [3.63, 3.8) is 0 Å². The van der Waals surface area contributed by atoms with Gasteiger partial charge in [-0.05, 0) is 18.1 Å². The summed E-state index contributed by atoms with van der Waals surface area (Å²) >= 11 is 0. The Morgan fingerprint density at radius 1 is 1.35 bits per heavy atom. The van der Waals surface area contributed by atoms with Gasteiger partial charge in [-0.25, -0.2) is 4.98 Å². The van der Waals surface area contributed by atoms with E-state index in [2.05, 4.69) is 16.5 Å². The minimum absolute atomic E-state index is 0.377. The molecule has 6 heteroatoms. The van der Waals surface area contributed by atoms with Crippen molar-refractivity contribution in [3.05, 3.63) is 42.0 Å². The first-order valence-electron chi connectivity index (χ1n) is 6.68. The van der Waals surface area contributed by atoms with Crippen LogP contribution >= 0.6 is 0 Å². The predicted molar refractivity (Wildman–Crippen MR) is 78.1 cm³/mol. The lowest BCUT2D eigenvalue weighted by atomic mass is 9.78. The van der Waals surface area contributed by atoms with E-state index in [9.17, 15) is 10.0 Å². The Bertz CT molecular complexity index is 569. The number of benzene rings is 1. The van der Waals surface area contributed by atoms with Gasteiger partial charge < -0.3 is 19.4 Å². The first kappa shape index (κ1) is 14.6. The van der Waals surface area contributed by atoms with E-state index >= 15 is 0 Å². The van der Waals surface area contributed by atoms with Crippen molar-refractivity contribution < 1.29 is 14.8 Å². The number of hydrogen-bond donors (Lipinski definition) is 2. The molecule has 2 aromatic rings. The maximum Gasteiger partial charge on any atom is 0.492 e. The molecule has 0 atom stereocenters. The van der Waals surface area contributed by atoms with Crippen molar-refractivity contribution in [2.75, 3.05) is 7.11 Å². The summed E-state index contributed by atoms with van der Waals surface area (Å²) in [6.07, 6.45) is 5.69. The lowest BCUT2D eigenvalue weighted by Crippen LogP contribution is -2.31. The summed E-state index contributed by atoms with van der Waals surface area (Å²) in [5.41, 5.74) is 1.35. The molecule has 0 saturated carbocycles. The molecule has 0 unspecified atom stereocenters. The third kappa shape index (κ3) is 3.21. The van der Waals surface area contributed by atoms with Crippen molar-refractivity contribution in [1.82, 2.24) is 9.55 Å². The summed E-state index contributed by atoms with van der Waals surface area (Å²) in [5, 5.41) is 18.8. The van der Waals surface area contributed by atoms with Crippen LogP contribution in [0.1, 0.15) is 24.7 Å². The SMILES string of the molecule is CCCc1nccn1Cc1ccc(OC)c(B(O)O)c1. The average Bonchev–Trinajstić information content (AvgIpc) is 2.86. The Morgan fingerprint density at radius 3 is 2.80 bits per heavy atom. The highest BCUT2D eigenvalue weighted by Crippen LogP contribution is 2.12. The molecule has 5 nitrogen and oxygen atoms in total. The topological polar surface area (TPSA) is 67.5 Å². The highest BCUT2D eigenvalue weighted by atomic mass is 16.5. The highest BCUT2D eigenvalue weighted by molar-refractivity contribution is 6.59. The van der Waals surface area contributed by atoms with Crippen molar-refractivity contribution >= 4 is 12.6 Å². The van der Waals surface area contributed by atoms with Gasteiger partial charge in [0.1, 0.15) is 11.6 Å². The van der Waals surface area contributed by atoms with E-state index in [1.54, 1.807) is 18.3 Å². The second-order valence-electron chi connectivity index (χ2n) is 4.67. The number of aromatic nitrogens is 2. The van der Waals surface area contributed by atoms with Gasteiger partial charge in [-0.15, -0.1) is 0 Å². The van der Waals surface area contributed by atoms with Gasteiger partial charge in [-0.2, -0.15) is 0 Å². The molecule has 1 heterocycles. The summed E-state index contributed by atoms with van der Waals surface area (Å²) in [5.74, 6) is 1.51. The third-order valence-corrected chi connectivity index (χ3v) is 3.20. The molecule has 20 heavy (non-hydrogen) atoms. The monoisotopic (exact) mass is 274 g/mol. The minimum Gasteiger partial charge on any atom is -0.497 e. The van der Waals surface area contributed by atoms with Gasteiger partial charge in [0.15, 0.2) is 0 Å². The van der Waals surface area contributed by atoms with Gasteiger partial charge in [0.2, 0.25) is 0 Å². The molecule has 0 spiro atoms. The second kappa shape index (κ2) is 6.59. The van der Waals surface area contributed by atoms with E-state index in [1.165, 1.54) is 7.11 Å². The predicted octanol–water partition coefficient (Wildman–Crippen LogP) is 0.572. The summed E-state index contributed by atoms with van der Waals surface area (Å²) in [4.78, 5) is 4.33. The Morgan fingerprint density at radius 2 is 2.15 bits per heavy atom. The van der Waals surface area contributed by atoms with Crippen LogP contribution in [0.2, 0.25) is 0 Å². The van der Waals surface area contributed by atoms with Crippen LogP contribution in [0.4, 0.5) is 0 Å². The van der Waals surface area contributed by atoms with E-state index in [-0.39, 0.29) is 0 Å². The fourth-order valence-electron chi connectivity index (χ4n) is 2.22. The summed E-state index contributed by atoms with van der Waals surface area (Å²) in [6.45, 7) is 2.77. The molecule has 2 N–H and O–H groups in total. The molecule has 0 aliphatic heterocycles. The molecule has 0 aliphatic carbocycles. The van der Waals surface area contributed by atoms with Crippen LogP contribution in [0, 0.1) is 0 Å². The standard InChI is InChI=1S/C14H19BN2O3/c1-3-4-14-16-7-8-17(14)10-11-5-6-13(20-2)12(9-11)15(18)19/h5-9,18-19H,3-4,10H2,1-2H3. The van der Waals surface area contributed by atoms with Gasteiger partial charge in [0.25, 0.3) is 0 Å². The normalized spacial score (nSPS) is 10.6. The van der Waals surface area contributed by atoms with Crippen molar-refractivity contribution in [2.45, 2.75) is 26.3 Å². The number of imidazole rings is 1. The van der Waals surface area contributed by atoms with Crippen molar-refractivity contribution in [1.29, 1.82) is 0 Å². The lowest BCUT2D eigenvalue weighted by Gasteiger charge is -2.12. The quantitative estimate of drug-likeness (QED) is 0.756. The van der Waals surface area contributed by atoms with Gasteiger partial charge in [0.05, 0.1) is 7.11 Å². The Kier molecular flexibility index (Phi) is 4.81. The molecule has 0 aliphatic rings. The highest BCUT2D eigenvalue weighted by Gasteiger charge is 2.17. The molecule has 1 aromatic heterocycles. The van der Waals surface area contributed by atoms with Gasteiger partial charge in [0, 0.05) is 30.8 Å². The van der Waals surface area contributed by atoms with E-state index < -0.39 is 7.12 Å². The molecule has 0 amide bonds. The fourth-order valence-corrected chi connectivity index (χ4v) is 2.22. The van der Waals surface area contributed by atoms with Crippen molar-refractivity contribution in [3.8, 4) is 5.75 Å². The van der Waals surface area contributed by atoms with E-state index in [4.69, 9.17) is 4.74 Å². The van der Waals surface area contributed by atoms with Crippen LogP contribution in [-0.2, 0) is 13.0 Å². The second-order valence-corrected chi connectivity index (χ2v) is 4.67. The molecule has 2 rings (SSSR count). The van der Waals surface area contributed by atoms with Gasteiger partial charge in [-0.1, -0.05) is 19.1 Å². The fraction of sp³-hybridized carbons (Fsp3) is 0.357. The molecule has 106 valence electrons. The maximum absolute atomic E-state index is 9.38. The zero-order chi connectivity index (χ0) is 14.5. The Balaban J connectivity index is 2.25. The minimum atomic E-state index is -1.54. The molecular weight excluding hydrogens is 255 g/mol. The van der Waals surface area contributed by atoms with Gasteiger partial charge in [-0.3, -0.25) is 0 Å². The van der Waals surface area contributed by atoms with Crippen LogP contribution in [0.5, 0.6) is 5.75 Å². The Labute approximate surface area is 119 Å². The molecule has 0 saturated heterocycles. The number of hydrogen-bond acceptors (Lipinski definition) is 4. The van der Waals surface area contributed by atoms with E-state index in [1.807, 2.05) is 12.3 Å². The third-order valence-electron chi connectivity index (χ3n) is 3.20. The largest absolute Gasteiger partial charge is 0.497 e. The van der Waals surface area contributed by atoms with Crippen LogP contribution in [-0.4, -0.2) is 33.8 Å². The molecule has 0 radical (unpaired) electrons. The zero-order valence-corrected chi connectivity index (χ0v) is 11.8. The molecule has 0 bridgehead atoms. The lowest BCUT2D eigenvalue weighted by molar-refractivity contribution is 0.403. The molecule has 0 fully saturated rings. The zero-order valence-electron chi connectivity index (χ0n) is 11.8. The average molecular weight is 274 g/mol. The number of nitrogens with zero attached hydrogens (tertiary/aromatic N) is 2. The Hall–Kier alpha value is -1.79. The van der Waals surface area contributed by atoms with Crippen LogP contribution in [0.15, 0.2) is 30.6 Å². The van der Waals surface area contributed by atoms with Crippen LogP contribution in [0.3, 0.4) is 0 Å². The number of rotatable bonds is 6. The first-order chi connectivity index (χ1) is 9.65. The van der Waals surface area contributed by atoms with Gasteiger partial charge >= 0.3 is 7.12 Å². The van der Waals surface area contributed by atoms with Crippen LogP contribution < -0.4 is 10.2 Å². The summed E-state index contributed by atoms with van der Waals surface area (Å²) < 4.78 is 7.19. The summed E-state index contributed by atoms with van der Waals surface area (Å²) in [6, 6.07) is 5.42.